The van der Waals surface area contributed by atoms with Gasteiger partial charge in [-0.2, -0.15) is 0 Å². The van der Waals surface area contributed by atoms with E-state index in [9.17, 15) is 4.79 Å². The van der Waals surface area contributed by atoms with Crippen LogP contribution >= 0.6 is 0 Å². The molecule has 3 aromatic carbocycles. The molecule has 0 amide bonds. The van der Waals surface area contributed by atoms with Crippen LogP contribution in [0.25, 0.3) is 10.9 Å². The van der Waals surface area contributed by atoms with Crippen LogP contribution in [0.15, 0.2) is 80.3 Å². The van der Waals surface area contributed by atoms with E-state index in [4.69, 9.17) is 9.72 Å². The van der Waals surface area contributed by atoms with Gasteiger partial charge >= 0.3 is 0 Å². The summed E-state index contributed by atoms with van der Waals surface area (Å²) in [6, 6.07) is 17.1. The molecule has 0 aliphatic carbocycles. The van der Waals surface area contributed by atoms with E-state index in [-0.39, 0.29) is 5.78 Å². The number of carbonyl (C=O) groups excluding carboxylic acids is 1. The normalized spacial score (nSPS) is 11.4. The minimum atomic E-state index is 0.0185. The Bertz CT molecular complexity index is 1730. The Morgan fingerprint density at radius 2 is 1.72 bits per heavy atom. The standard InChI is InChI=1S/C39H53N5O.C4H6O/c1-10-14-20-44(25-28(7)12-3)37-24-34-35(22-30(37)15-11-2)40-26-41-39(34)42-31-16-19-38(29(8)21-31)45-32-17-18-36(43(9)13-4)33(23-32)27(5)6;1-3-4(2)5/h13,16-19,21-24,26-28H,4,10-12,14-15,20,25H2,1-3,5-9H3,(H,40,41,42);3H,1H2,2H3. The van der Waals surface area contributed by atoms with Crippen molar-refractivity contribution in [2.75, 3.05) is 35.3 Å². The molecule has 268 valence electrons. The number of ether oxygens (including phenoxy) is 1. The number of unbranched alkanes of at least 4 members (excludes halogenated alkanes) is 1. The molecular formula is C43H59N5O2. The highest BCUT2D eigenvalue weighted by Crippen LogP contribution is 2.36. The third kappa shape index (κ3) is 10.9. The van der Waals surface area contributed by atoms with E-state index >= 15 is 0 Å². The largest absolute Gasteiger partial charge is 0.457 e. The number of rotatable bonds is 17. The van der Waals surface area contributed by atoms with Gasteiger partial charge in [-0.15, -0.1) is 0 Å². The van der Waals surface area contributed by atoms with E-state index in [1.165, 1.54) is 49.1 Å². The van der Waals surface area contributed by atoms with Crippen molar-refractivity contribution in [1.29, 1.82) is 0 Å². The Hall–Kier alpha value is -4.65. The zero-order chi connectivity index (χ0) is 36.8. The summed E-state index contributed by atoms with van der Waals surface area (Å²) >= 11 is 0. The highest BCUT2D eigenvalue weighted by molar-refractivity contribution is 5.94. The first-order chi connectivity index (χ1) is 23.9. The van der Waals surface area contributed by atoms with Crippen LogP contribution in [-0.4, -0.2) is 35.9 Å². The second-order valence-electron chi connectivity index (χ2n) is 13.5. The van der Waals surface area contributed by atoms with Gasteiger partial charge in [-0.25, -0.2) is 9.97 Å². The van der Waals surface area contributed by atoms with E-state index in [0.717, 1.165) is 71.1 Å². The molecule has 4 rings (SSSR count). The van der Waals surface area contributed by atoms with Crippen molar-refractivity contribution >= 4 is 39.6 Å². The average molecular weight is 678 g/mol. The number of carbonyl (C=O) groups is 1. The maximum absolute atomic E-state index is 9.69. The first-order valence-corrected chi connectivity index (χ1v) is 18.2. The number of nitrogens with one attached hydrogen (secondary N) is 1. The molecular weight excluding hydrogens is 619 g/mol. The van der Waals surface area contributed by atoms with Gasteiger partial charge in [-0.3, -0.25) is 4.79 Å². The first kappa shape index (κ1) is 39.8. The molecule has 0 aliphatic rings. The molecule has 0 spiro atoms. The molecule has 0 fully saturated rings. The predicted molar refractivity (Wildman–Crippen MR) is 215 cm³/mol. The van der Waals surface area contributed by atoms with Crippen LogP contribution in [0.3, 0.4) is 0 Å². The predicted octanol–water partition coefficient (Wildman–Crippen LogP) is 11.5. The third-order valence-corrected chi connectivity index (χ3v) is 8.93. The zero-order valence-corrected chi connectivity index (χ0v) is 32.0. The summed E-state index contributed by atoms with van der Waals surface area (Å²) in [5.74, 6) is 3.48. The Morgan fingerprint density at radius 3 is 2.32 bits per heavy atom. The smallest absolute Gasteiger partial charge is 0.152 e. The molecule has 1 atom stereocenters. The van der Waals surface area contributed by atoms with Crippen LogP contribution in [0.1, 0.15) is 96.8 Å². The summed E-state index contributed by atoms with van der Waals surface area (Å²) in [5, 5.41) is 4.65. The molecule has 0 saturated carbocycles. The van der Waals surface area contributed by atoms with E-state index < -0.39 is 0 Å². The monoisotopic (exact) mass is 677 g/mol. The molecule has 1 heterocycles. The molecule has 0 radical (unpaired) electrons. The molecule has 1 N–H and O–H groups in total. The quantitative estimate of drug-likeness (QED) is 0.112. The van der Waals surface area contributed by atoms with Gasteiger partial charge < -0.3 is 19.9 Å². The van der Waals surface area contributed by atoms with Crippen LogP contribution in [0.4, 0.5) is 22.9 Å². The van der Waals surface area contributed by atoms with Gasteiger partial charge in [0.1, 0.15) is 23.6 Å². The van der Waals surface area contributed by atoms with Crippen molar-refractivity contribution < 1.29 is 9.53 Å². The van der Waals surface area contributed by atoms with Crippen LogP contribution in [-0.2, 0) is 11.2 Å². The third-order valence-electron chi connectivity index (χ3n) is 8.93. The topological polar surface area (TPSA) is 70.6 Å². The van der Waals surface area contributed by atoms with Crippen molar-refractivity contribution in [3.63, 3.8) is 0 Å². The van der Waals surface area contributed by atoms with Crippen LogP contribution < -0.4 is 19.9 Å². The Kier molecular flexibility index (Phi) is 15.5. The molecule has 7 nitrogen and oxygen atoms in total. The highest BCUT2D eigenvalue weighted by atomic mass is 16.5. The van der Waals surface area contributed by atoms with Crippen LogP contribution in [0.5, 0.6) is 11.5 Å². The summed E-state index contributed by atoms with van der Waals surface area (Å²) in [4.78, 5) is 23.7. The number of allylic oxidation sites excluding steroid dienone is 1. The molecule has 50 heavy (non-hydrogen) atoms. The van der Waals surface area contributed by atoms with Crippen molar-refractivity contribution in [2.45, 2.75) is 93.4 Å². The number of fused-ring (bicyclic) bond motifs is 1. The second kappa shape index (κ2) is 19.5. The summed E-state index contributed by atoms with van der Waals surface area (Å²) in [6.45, 7) is 26.3. The number of aromatic nitrogens is 2. The Balaban J connectivity index is 0.00000126. The van der Waals surface area contributed by atoms with E-state index in [1.54, 1.807) is 6.33 Å². The van der Waals surface area contributed by atoms with Crippen LogP contribution in [0.2, 0.25) is 0 Å². The van der Waals surface area contributed by atoms with Crippen molar-refractivity contribution in [1.82, 2.24) is 9.97 Å². The van der Waals surface area contributed by atoms with Gasteiger partial charge in [0.15, 0.2) is 5.78 Å². The SMILES string of the molecule is C=CC(C)=O.C=CN(C)c1ccc(Oc2ccc(Nc3ncnc4cc(CCC)c(N(CCCC)CC(C)CC)cc34)cc2C)cc1C(C)C. The summed E-state index contributed by atoms with van der Waals surface area (Å²) in [6.07, 6.45) is 10.4. The van der Waals surface area contributed by atoms with E-state index in [1.807, 2.05) is 30.3 Å². The maximum Gasteiger partial charge on any atom is 0.152 e. The molecule has 0 bridgehead atoms. The Labute approximate surface area is 301 Å². The van der Waals surface area contributed by atoms with Gasteiger partial charge in [-0.1, -0.05) is 74.0 Å². The lowest BCUT2D eigenvalue weighted by Crippen LogP contribution is -2.30. The van der Waals surface area contributed by atoms with Gasteiger partial charge in [0.05, 0.1) is 5.52 Å². The van der Waals surface area contributed by atoms with Crippen LogP contribution in [0, 0.1) is 12.8 Å². The number of benzene rings is 3. The molecule has 1 unspecified atom stereocenters. The van der Waals surface area contributed by atoms with Gasteiger partial charge in [-0.05, 0) is 116 Å². The zero-order valence-electron chi connectivity index (χ0n) is 32.0. The molecule has 7 heteroatoms. The van der Waals surface area contributed by atoms with Crippen molar-refractivity contribution in [3.8, 4) is 11.5 Å². The molecule has 0 aliphatic heterocycles. The second-order valence-corrected chi connectivity index (χ2v) is 13.5. The summed E-state index contributed by atoms with van der Waals surface area (Å²) < 4.78 is 6.39. The van der Waals surface area contributed by atoms with Crippen molar-refractivity contribution in [2.24, 2.45) is 5.92 Å². The van der Waals surface area contributed by atoms with Gasteiger partial charge in [0.2, 0.25) is 0 Å². The van der Waals surface area contributed by atoms with E-state index in [0.29, 0.717) is 11.8 Å². The minimum absolute atomic E-state index is 0.0185. The Morgan fingerprint density at radius 1 is 0.980 bits per heavy atom. The number of aryl methyl sites for hydroxylation is 2. The number of hydrogen-bond acceptors (Lipinski definition) is 7. The average Bonchev–Trinajstić information content (AvgIpc) is 3.11. The van der Waals surface area contributed by atoms with Gasteiger partial charge in [0, 0.05) is 42.6 Å². The molecule has 4 aromatic rings. The van der Waals surface area contributed by atoms with Gasteiger partial charge in [0.25, 0.3) is 0 Å². The highest BCUT2D eigenvalue weighted by Gasteiger charge is 2.18. The number of nitrogens with zero attached hydrogens (tertiary/aromatic N) is 4. The minimum Gasteiger partial charge on any atom is -0.457 e. The van der Waals surface area contributed by atoms with E-state index in [2.05, 4.69) is 113 Å². The lowest BCUT2D eigenvalue weighted by Gasteiger charge is -2.30. The molecule has 1 aromatic heterocycles. The summed E-state index contributed by atoms with van der Waals surface area (Å²) in [7, 11) is 2.02. The summed E-state index contributed by atoms with van der Waals surface area (Å²) in [5.41, 5.74) is 8.04. The number of anilines is 4. The number of hydrogen-bond donors (Lipinski definition) is 1. The lowest BCUT2D eigenvalue weighted by molar-refractivity contribution is -0.112. The maximum atomic E-state index is 9.69. The molecule has 0 saturated heterocycles. The fraction of sp³-hybridized carbons (Fsp3) is 0.419. The fourth-order valence-corrected chi connectivity index (χ4v) is 5.75. The first-order valence-electron chi connectivity index (χ1n) is 18.2. The fourth-order valence-electron chi connectivity index (χ4n) is 5.75. The lowest BCUT2D eigenvalue weighted by atomic mass is 10.00. The van der Waals surface area contributed by atoms with Crippen molar-refractivity contribution in [3.05, 3.63) is 97.0 Å². The number of ketones is 1.